The topological polar surface area (TPSA) is 62.0 Å². The van der Waals surface area contributed by atoms with Gasteiger partial charge in [-0.05, 0) is 53.3 Å². The number of hydrogen-bond acceptors (Lipinski definition) is 2. The van der Waals surface area contributed by atoms with Crippen molar-refractivity contribution in [2.75, 3.05) is 6.54 Å². The van der Waals surface area contributed by atoms with Crippen molar-refractivity contribution in [3.05, 3.63) is 93.8 Å². The van der Waals surface area contributed by atoms with E-state index in [4.69, 9.17) is 0 Å². The second-order valence-corrected chi connectivity index (χ2v) is 6.75. The number of pyridine rings is 1. The zero-order valence-electron chi connectivity index (χ0n) is 15.1. The number of benzene rings is 3. The Kier molecular flexibility index (Phi) is 4.47. The standard InChI is InChI=1S/C23H20N2O2/c1-15-9-10-17-14-18(22(26)25-21(17)13-15)11-12-24-23(27)20-8-4-6-16-5-2-3-7-19(16)20/h2-10,13-14H,11-12H2,1H3,(H,24,27)(H,25,26). The van der Waals surface area contributed by atoms with E-state index in [1.54, 1.807) is 0 Å². The molecule has 4 rings (SSSR count). The van der Waals surface area contributed by atoms with Gasteiger partial charge < -0.3 is 10.3 Å². The molecule has 0 atom stereocenters. The van der Waals surface area contributed by atoms with Crippen molar-refractivity contribution < 1.29 is 4.79 Å². The lowest BCUT2D eigenvalue weighted by Gasteiger charge is -2.08. The highest BCUT2D eigenvalue weighted by Gasteiger charge is 2.10. The summed E-state index contributed by atoms with van der Waals surface area (Å²) in [6, 6.07) is 21.4. The van der Waals surface area contributed by atoms with E-state index in [2.05, 4.69) is 10.3 Å². The molecule has 0 aliphatic carbocycles. The highest BCUT2D eigenvalue weighted by molar-refractivity contribution is 6.07. The van der Waals surface area contributed by atoms with Crippen LogP contribution in [0.2, 0.25) is 0 Å². The summed E-state index contributed by atoms with van der Waals surface area (Å²) in [5, 5.41) is 5.89. The minimum Gasteiger partial charge on any atom is -0.352 e. The quantitative estimate of drug-likeness (QED) is 0.581. The third-order valence-electron chi connectivity index (χ3n) is 4.79. The minimum atomic E-state index is -0.125. The van der Waals surface area contributed by atoms with E-state index in [1.807, 2.05) is 73.7 Å². The van der Waals surface area contributed by atoms with Crippen molar-refractivity contribution in [1.29, 1.82) is 0 Å². The summed E-state index contributed by atoms with van der Waals surface area (Å²) in [5.41, 5.74) is 3.16. The average Bonchev–Trinajstić information content (AvgIpc) is 2.68. The molecule has 0 aliphatic rings. The first-order valence-corrected chi connectivity index (χ1v) is 9.00. The second-order valence-electron chi connectivity index (χ2n) is 6.75. The number of amides is 1. The summed E-state index contributed by atoms with van der Waals surface area (Å²) in [5.74, 6) is -0.125. The van der Waals surface area contributed by atoms with E-state index in [1.165, 1.54) is 0 Å². The monoisotopic (exact) mass is 356 g/mol. The Morgan fingerprint density at radius 1 is 0.963 bits per heavy atom. The minimum absolute atomic E-state index is 0.104. The first-order chi connectivity index (χ1) is 13.1. The van der Waals surface area contributed by atoms with Crippen molar-refractivity contribution in [2.24, 2.45) is 0 Å². The van der Waals surface area contributed by atoms with Crippen LogP contribution in [0.5, 0.6) is 0 Å². The number of H-pyrrole nitrogens is 1. The molecule has 134 valence electrons. The molecule has 1 heterocycles. The number of rotatable bonds is 4. The number of fused-ring (bicyclic) bond motifs is 2. The number of hydrogen-bond donors (Lipinski definition) is 2. The van der Waals surface area contributed by atoms with Gasteiger partial charge in [0.05, 0.1) is 0 Å². The number of carbonyl (C=O) groups excluding carboxylic acids is 1. The summed E-state index contributed by atoms with van der Waals surface area (Å²) in [4.78, 5) is 27.8. The third-order valence-corrected chi connectivity index (χ3v) is 4.79. The molecule has 0 radical (unpaired) electrons. The van der Waals surface area contributed by atoms with Gasteiger partial charge in [0.2, 0.25) is 0 Å². The molecule has 3 aromatic carbocycles. The molecule has 0 saturated heterocycles. The van der Waals surface area contributed by atoms with Crippen LogP contribution >= 0.6 is 0 Å². The van der Waals surface area contributed by atoms with Gasteiger partial charge in [-0.2, -0.15) is 0 Å². The van der Waals surface area contributed by atoms with Gasteiger partial charge in [-0.1, -0.05) is 48.5 Å². The Bertz CT molecular complexity index is 1200. The van der Waals surface area contributed by atoms with E-state index in [0.29, 0.717) is 24.1 Å². The third kappa shape index (κ3) is 3.47. The van der Waals surface area contributed by atoms with E-state index < -0.39 is 0 Å². The van der Waals surface area contributed by atoms with Gasteiger partial charge in [0.1, 0.15) is 0 Å². The van der Waals surface area contributed by atoms with Crippen LogP contribution in [0, 0.1) is 6.92 Å². The van der Waals surface area contributed by atoms with E-state index in [-0.39, 0.29) is 11.5 Å². The number of aryl methyl sites for hydroxylation is 1. The first-order valence-electron chi connectivity index (χ1n) is 9.00. The lowest BCUT2D eigenvalue weighted by Crippen LogP contribution is -2.27. The summed E-state index contributed by atoms with van der Waals surface area (Å²) < 4.78 is 0. The molecule has 0 unspecified atom stereocenters. The van der Waals surface area contributed by atoms with Gasteiger partial charge >= 0.3 is 0 Å². The van der Waals surface area contributed by atoms with E-state index in [9.17, 15) is 9.59 Å². The van der Waals surface area contributed by atoms with Crippen LogP contribution < -0.4 is 10.9 Å². The number of carbonyl (C=O) groups is 1. The number of nitrogens with one attached hydrogen (secondary N) is 2. The lowest BCUT2D eigenvalue weighted by molar-refractivity contribution is 0.0956. The number of aromatic nitrogens is 1. The van der Waals surface area contributed by atoms with Gasteiger partial charge in [0.15, 0.2) is 0 Å². The summed E-state index contributed by atoms with van der Waals surface area (Å²) in [6.07, 6.45) is 0.482. The second kappa shape index (κ2) is 7.08. The van der Waals surface area contributed by atoms with Crippen molar-refractivity contribution in [3.8, 4) is 0 Å². The fraction of sp³-hybridized carbons (Fsp3) is 0.130. The molecule has 1 aromatic heterocycles. The van der Waals surface area contributed by atoms with Crippen molar-refractivity contribution in [2.45, 2.75) is 13.3 Å². The SMILES string of the molecule is Cc1ccc2cc(CCNC(=O)c3cccc4ccccc34)c(=O)[nH]c2c1. The van der Waals surface area contributed by atoms with Crippen LogP contribution in [0.15, 0.2) is 71.5 Å². The average molecular weight is 356 g/mol. The van der Waals surface area contributed by atoms with E-state index in [0.717, 1.165) is 27.2 Å². The van der Waals surface area contributed by atoms with Crippen LogP contribution in [0.4, 0.5) is 0 Å². The summed E-state index contributed by atoms with van der Waals surface area (Å²) in [6.45, 7) is 2.40. The summed E-state index contributed by atoms with van der Waals surface area (Å²) in [7, 11) is 0. The Labute approximate surface area is 156 Å². The molecule has 0 saturated carbocycles. The highest BCUT2D eigenvalue weighted by Crippen LogP contribution is 2.18. The molecule has 4 heteroatoms. The van der Waals surface area contributed by atoms with Gasteiger partial charge in [-0.3, -0.25) is 9.59 Å². The predicted molar refractivity (Wildman–Crippen MR) is 109 cm³/mol. The molecule has 1 amide bonds. The number of aromatic amines is 1. The Morgan fingerprint density at radius 2 is 1.78 bits per heavy atom. The highest BCUT2D eigenvalue weighted by atomic mass is 16.1. The normalized spacial score (nSPS) is 11.0. The Morgan fingerprint density at radius 3 is 2.67 bits per heavy atom. The molecule has 0 bridgehead atoms. The molecule has 4 aromatic rings. The zero-order valence-corrected chi connectivity index (χ0v) is 15.1. The maximum absolute atomic E-state index is 12.6. The smallest absolute Gasteiger partial charge is 0.251 e. The van der Waals surface area contributed by atoms with Crippen LogP contribution in [0.3, 0.4) is 0 Å². The lowest BCUT2D eigenvalue weighted by atomic mass is 10.0. The van der Waals surface area contributed by atoms with Gasteiger partial charge in [0, 0.05) is 23.2 Å². The van der Waals surface area contributed by atoms with Crippen molar-refractivity contribution >= 4 is 27.6 Å². The first kappa shape index (κ1) is 17.0. The fourth-order valence-electron chi connectivity index (χ4n) is 3.38. The maximum atomic E-state index is 12.6. The molecular weight excluding hydrogens is 336 g/mol. The predicted octanol–water partition coefficient (Wildman–Crippen LogP) is 3.96. The molecule has 4 nitrogen and oxygen atoms in total. The van der Waals surface area contributed by atoms with Gasteiger partial charge in [-0.25, -0.2) is 0 Å². The fourth-order valence-corrected chi connectivity index (χ4v) is 3.38. The molecule has 0 fully saturated rings. The molecule has 0 spiro atoms. The molecular formula is C23H20N2O2. The Hall–Kier alpha value is -3.40. The van der Waals surface area contributed by atoms with Crippen LogP contribution in [0.1, 0.15) is 21.5 Å². The Balaban J connectivity index is 1.50. The van der Waals surface area contributed by atoms with Crippen molar-refractivity contribution in [3.63, 3.8) is 0 Å². The largest absolute Gasteiger partial charge is 0.352 e. The van der Waals surface area contributed by atoms with Gasteiger partial charge in [-0.15, -0.1) is 0 Å². The molecule has 0 aliphatic heterocycles. The maximum Gasteiger partial charge on any atom is 0.251 e. The summed E-state index contributed by atoms with van der Waals surface area (Å²) >= 11 is 0. The molecule has 2 N–H and O–H groups in total. The van der Waals surface area contributed by atoms with Gasteiger partial charge in [0.25, 0.3) is 11.5 Å². The van der Waals surface area contributed by atoms with E-state index >= 15 is 0 Å². The van der Waals surface area contributed by atoms with Crippen molar-refractivity contribution in [1.82, 2.24) is 10.3 Å². The molecule has 27 heavy (non-hydrogen) atoms. The van der Waals surface area contributed by atoms with Crippen LogP contribution in [-0.4, -0.2) is 17.4 Å². The van der Waals surface area contributed by atoms with Crippen LogP contribution in [0.25, 0.3) is 21.7 Å². The van der Waals surface area contributed by atoms with Crippen LogP contribution in [-0.2, 0) is 6.42 Å². The zero-order chi connectivity index (χ0) is 18.8.